The lowest BCUT2D eigenvalue weighted by molar-refractivity contribution is -0.180. The summed E-state index contributed by atoms with van der Waals surface area (Å²) in [4.78, 5) is 0. The Morgan fingerprint density at radius 1 is 0.941 bits per heavy atom. The van der Waals surface area contributed by atoms with Gasteiger partial charge in [-0.2, -0.15) is 0 Å². The van der Waals surface area contributed by atoms with Crippen LogP contribution >= 0.6 is 0 Å². The van der Waals surface area contributed by atoms with E-state index in [0.29, 0.717) is 25.9 Å². The van der Waals surface area contributed by atoms with Crippen molar-refractivity contribution < 1.29 is 14.2 Å². The predicted octanol–water partition coefficient (Wildman–Crippen LogP) is 3.23. The average molecular weight is 244 g/mol. The van der Waals surface area contributed by atoms with Crippen molar-refractivity contribution in [3.05, 3.63) is 0 Å². The van der Waals surface area contributed by atoms with Crippen molar-refractivity contribution in [1.82, 2.24) is 0 Å². The van der Waals surface area contributed by atoms with Crippen LogP contribution in [-0.2, 0) is 14.2 Å². The molecule has 102 valence electrons. The summed E-state index contributed by atoms with van der Waals surface area (Å²) in [6, 6.07) is 0. The lowest BCUT2D eigenvalue weighted by atomic mass is 9.82. The number of hydrogen-bond donors (Lipinski definition) is 0. The maximum absolute atomic E-state index is 5.94. The fourth-order valence-corrected chi connectivity index (χ4v) is 2.74. The molecule has 1 rings (SSSR count). The molecule has 2 atom stereocenters. The third-order valence-electron chi connectivity index (χ3n) is 3.31. The normalized spacial score (nSPS) is 29.8. The van der Waals surface area contributed by atoms with Crippen LogP contribution in [0.15, 0.2) is 0 Å². The third-order valence-corrected chi connectivity index (χ3v) is 3.31. The second-order valence-electron chi connectivity index (χ2n) is 5.21. The van der Waals surface area contributed by atoms with Gasteiger partial charge in [0.25, 0.3) is 0 Å². The first-order valence-electron chi connectivity index (χ1n) is 7.00. The molecule has 0 aromatic heterocycles. The molecule has 1 saturated carbocycles. The molecule has 0 aliphatic heterocycles. The summed E-state index contributed by atoms with van der Waals surface area (Å²) in [5.74, 6) is 1.56. The van der Waals surface area contributed by atoms with Gasteiger partial charge in [0.05, 0.1) is 12.7 Å². The largest absolute Gasteiger partial charge is 0.373 e. The molecule has 0 aromatic rings. The second-order valence-corrected chi connectivity index (χ2v) is 5.21. The summed E-state index contributed by atoms with van der Waals surface area (Å²) in [5, 5.41) is 0. The molecule has 2 unspecified atom stereocenters. The summed E-state index contributed by atoms with van der Waals surface area (Å²) in [6.45, 7) is 10.5. The van der Waals surface area contributed by atoms with E-state index in [-0.39, 0.29) is 6.29 Å². The van der Waals surface area contributed by atoms with Crippen molar-refractivity contribution in [3.63, 3.8) is 0 Å². The predicted molar refractivity (Wildman–Crippen MR) is 69.0 cm³/mol. The van der Waals surface area contributed by atoms with Gasteiger partial charge in [-0.3, -0.25) is 0 Å². The molecule has 17 heavy (non-hydrogen) atoms. The lowest BCUT2D eigenvalue weighted by Gasteiger charge is -2.32. The molecular weight excluding hydrogens is 216 g/mol. The van der Waals surface area contributed by atoms with Gasteiger partial charge < -0.3 is 14.2 Å². The fraction of sp³-hybridized carbons (Fsp3) is 1.00. The van der Waals surface area contributed by atoms with Gasteiger partial charge in [0.2, 0.25) is 0 Å². The van der Waals surface area contributed by atoms with Gasteiger partial charge in [-0.1, -0.05) is 13.8 Å². The van der Waals surface area contributed by atoms with Crippen molar-refractivity contribution in [2.24, 2.45) is 11.8 Å². The van der Waals surface area contributed by atoms with E-state index < -0.39 is 0 Å². The van der Waals surface area contributed by atoms with Gasteiger partial charge in [-0.25, -0.2) is 0 Å². The highest BCUT2D eigenvalue weighted by atomic mass is 16.7. The molecule has 1 fully saturated rings. The van der Waals surface area contributed by atoms with Crippen LogP contribution in [0.2, 0.25) is 0 Å². The van der Waals surface area contributed by atoms with E-state index in [1.807, 2.05) is 13.8 Å². The molecule has 0 heterocycles. The Balaban J connectivity index is 2.27. The summed E-state index contributed by atoms with van der Waals surface area (Å²) < 4.78 is 16.9. The zero-order valence-electron chi connectivity index (χ0n) is 11.8. The molecule has 3 nitrogen and oxygen atoms in total. The average Bonchev–Trinajstić information content (AvgIpc) is 2.25. The first kappa shape index (κ1) is 14.9. The summed E-state index contributed by atoms with van der Waals surface area (Å²) in [7, 11) is 0. The van der Waals surface area contributed by atoms with Crippen molar-refractivity contribution in [1.29, 1.82) is 0 Å². The third kappa shape index (κ3) is 5.84. The highest BCUT2D eigenvalue weighted by Crippen LogP contribution is 2.30. The van der Waals surface area contributed by atoms with E-state index in [9.17, 15) is 0 Å². The SMILES string of the molecule is CCOC(COC1CC(C)CC(C)C1)OCC. The Morgan fingerprint density at radius 3 is 1.94 bits per heavy atom. The van der Waals surface area contributed by atoms with Gasteiger partial charge in [-0.05, 0) is 44.9 Å². The zero-order chi connectivity index (χ0) is 12.7. The van der Waals surface area contributed by atoms with Crippen LogP contribution in [0.25, 0.3) is 0 Å². The topological polar surface area (TPSA) is 27.7 Å². The van der Waals surface area contributed by atoms with Crippen LogP contribution in [0.3, 0.4) is 0 Å². The van der Waals surface area contributed by atoms with Gasteiger partial charge in [0, 0.05) is 13.2 Å². The van der Waals surface area contributed by atoms with E-state index in [1.54, 1.807) is 0 Å². The van der Waals surface area contributed by atoms with Gasteiger partial charge in [-0.15, -0.1) is 0 Å². The van der Waals surface area contributed by atoms with Crippen molar-refractivity contribution in [3.8, 4) is 0 Å². The number of rotatable bonds is 7. The first-order chi connectivity index (χ1) is 8.15. The molecule has 0 spiro atoms. The second kappa shape index (κ2) is 8.06. The Hall–Kier alpha value is -0.120. The molecule has 1 aliphatic carbocycles. The van der Waals surface area contributed by atoms with E-state index in [2.05, 4.69) is 13.8 Å². The molecule has 0 aromatic carbocycles. The van der Waals surface area contributed by atoms with Crippen LogP contribution in [0.4, 0.5) is 0 Å². The molecule has 0 N–H and O–H groups in total. The molecule has 0 saturated heterocycles. The van der Waals surface area contributed by atoms with Crippen LogP contribution in [0.1, 0.15) is 47.0 Å². The molecule has 1 aliphatic rings. The molecular formula is C14H28O3. The van der Waals surface area contributed by atoms with Gasteiger partial charge in [0.15, 0.2) is 6.29 Å². The van der Waals surface area contributed by atoms with Gasteiger partial charge in [0.1, 0.15) is 0 Å². The summed E-state index contributed by atoms with van der Waals surface area (Å²) in [6.07, 6.45) is 3.87. The number of hydrogen-bond acceptors (Lipinski definition) is 3. The van der Waals surface area contributed by atoms with Crippen LogP contribution in [0.5, 0.6) is 0 Å². The fourth-order valence-electron chi connectivity index (χ4n) is 2.74. The highest BCUT2D eigenvalue weighted by Gasteiger charge is 2.25. The van der Waals surface area contributed by atoms with Crippen LogP contribution in [-0.4, -0.2) is 32.2 Å². The van der Waals surface area contributed by atoms with E-state index in [1.165, 1.54) is 19.3 Å². The Labute approximate surface area is 106 Å². The minimum absolute atomic E-state index is 0.197. The highest BCUT2D eigenvalue weighted by molar-refractivity contribution is 4.75. The quantitative estimate of drug-likeness (QED) is 0.644. The molecule has 0 radical (unpaired) electrons. The summed E-state index contributed by atoms with van der Waals surface area (Å²) in [5.41, 5.74) is 0. The Morgan fingerprint density at radius 2 is 1.47 bits per heavy atom. The molecule has 0 amide bonds. The standard InChI is InChI=1S/C14H28O3/c1-5-15-14(16-6-2)10-17-13-8-11(3)7-12(4)9-13/h11-14H,5-10H2,1-4H3. The summed E-state index contributed by atoms with van der Waals surface area (Å²) >= 11 is 0. The van der Waals surface area contributed by atoms with Crippen LogP contribution in [0, 0.1) is 11.8 Å². The number of ether oxygens (including phenoxy) is 3. The van der Waals surface area contributed by atoms with Crippen molar-refractivity contribution >= 4 is 0 Å². The van der Waals surface area contributed by atoms with E-state index >= 15 is 0 Å². The maximum atomic E-state index is 5.94. The Kier molecular flexibility index (Phi) is 7.09. The van der Waals surface area contributed by atoms with E-state index in [4.69, 9.17) is 14.2 Å². The molecule has 0 bridgehead atoms. The molecule has 3 heteroatoms. The first-order valence-corrected chi connectivity index (χ1v) is 7.00. The minimum atomic E-state index is -0.197. The Bertz CT molecular complexity index is 180. The lowest BCUT2D eigenvalue weighted by Crippen LogP contribution is -2.31. The van der Waals surface area contributed by atoms with Crippen molar-refractivity contribution in [2.75, 3.05) is 19.8 Å². The van der Waals surface area contributed by atoms with E-state index in [0.717, 1.165) is 11.8 Å². The minimum Gasteiger partial charge on any atom is -0.373 e. The monoisotopic (exact) mass is 244 g/mol. The van der Waals surface area contributed by atoms with Gasteiger partial charge >= 0.3 is 0 Å². The zero-order valence-corrected chi connectivity index (χ0v) is 11.8. The smallest absolute Gasteiger partial charge is 0.180 e. The maximum Gasteiger partial charge on any atom is 0.180 e. The van der Waals surface area contributed by atoms with Crippen LogP contribution < -0.4 is 0 Å². The van der Waals surface area contributed by atoms with Crippen molar-refractivity contribution in [2.45, 2.75) is 59.4 Å².